The van der Waals surface area contributed by atoms with Crippen LogP contribution < -0.4 is 9.47 Å². The maximum Gasteiger partial charge on any atom is 0.246 e. The Labute approximate surface area is 191 Å². The van der Waals surface area contributed by atoms with Gasteiger partial charge in [0, 0.05) is 29.8 Å². The molecule has 0 aromatic heterocycles. The third kappa shape index (κ3) is 5.76. The van der Waals surface area contributed by atoms with Crippen LogP contribution in [0, 0.1) is 0 Å². The summed E-state index contributed by atoms with van der Waals surface area (Å²) in [5.74, 6) is 1.10. The molecule has 1 aliphatic heterocycles. The normalized spacial score (nSPS) is 16.8. The fourth-order valence-corrected chi connectivity index (χ4v) is 3.65. The lowest BCUT2D eigenvalue weighted by molar-refractivity contribution is -0.130. The molecule has 2 aromatic rings. The summed E-state index contributed by atoms with van der Waals surface area (Å²) in [6.07, 6.45) is 2.65. The predicted molar refractivity (Wildman–Crippen MR) is 122 cm³/mol. The monoisotopic (exact) mass is 487 g/mol. The molecule has 0 aliphatic carbocycles. The number of carbonyl (C=O) groups is 1. The van der Waals surface area contributed by atoms with Crippen molar-refractivity contribution in [1.82, 2.24) is 4.90 Å². The van der Waals surface area contributed by atoms with Crippen molar-refractivity contribution < 1.29 is 23.7 Å². The van der Waals surface area contributed by atoms with Crippen molar-refractivity contribution in [3.8, 4) is 11.5 Å². The first kappa shape index (κ1) is 23.1. The summed E-state index contributed by atoms with van der Waals surface area (Å²) in [7, 11) is 1.62. The predicted octanol–water partition coefficient (Wildman–Crippen LogP) is 4.65. The van der Waals surface area contributed by atoms with Crippen molar-refractivity contribution in [3.05, 3.63) is 83.4 Å². The number of methoxy groups -OCH3 is 1. The van der Waals surface area contributed by atoms with Crippen molar-refractivity contribution in [1.29, 1.82) is 0 Å². The third-order valence-electron chi connectivity index (χ3n) is 4.91. The van der Waals surface area contributed by atoms with E-state index in [0.717, 1.165) is 15.6 Å². The number of rotatable bonds is 11. The van der Waals surface area contributed by atoms with Gasteiger partial charge in [0.15, 0.2) is 6.79 Å². The van der Waals surface area contributed by atoms with Gasteiger partial charge in [-0.05, 0) is 42.0 Å². The van der Waals surface area contributed by atoms with Crippen molar-refractivity contribution in [2.45, 2.75) is 18.7 Å². The van der Waals surface area contributed by atoms with Crippen molar-refractivity contribution >= 4 is 21.8 Å². The van der Waals surface area contributed by atoms with E-state index in [9.17, 15) is 4.79 Å². The highest BCUT2D eigenvalue weighted by Gasteiger charge is 2.38. The number of nitrogens with zero attached hydrogens (tertiary/aromatic N) is 1. The zero-order chi connectivity index (χ0) is 22.2. The largest absolute Gasteiger partial charge is 0.483 e. The lowest BCUT2D eigenvalue weighted by Crippen LogP contribution is -2.38. The average Bonchev–Trinajstić information content (AvgIpc) is 3.15. The Balaban J connectivity index is 1.81. The summed E-state index contributed by atoms with van der Waals surface area (Å²) in [5, 5.41) is 0. The van der Waals surface area contributed by atoms with Crippen LogP contribution in [-0.4, -0.2) is 44.0 Å². The zero-order valence-corrected chi connectivity index (χ0v) is 19.0. The average molecular weight is 488 g/mol. The van der Waals surface area contributed by atoms with E-state index in [4.69, 9.17) is 18.9 Å². The number of amides is 1. The molecule has 0 radical (unpaired) electrons. The molecule has 1 aliphatic rings. The van der Waals surface area contributed by atoms with Crippen LogP contribution in [0.1, 0.15) is 17.2 Å². The van der Waals surface area contributed by atoms with Gasteiger partial charge in [-0.25, -0.2) is 0 Å². The number of hydrogen-bond donors (Lipinski definition) is 0. The van der Waals surface area contributed by atoms with E-state index in [1.807, 2.05) is 42.5 Å². The minimum atomic E-state index is -0.387. The molecule has 0 N–H and O–H groups in total. The standard InChI is InChI=1S/C24H26BrNO5/c1-4-21-24(26(23(27)5-2)15-17-6-8-18(25)9-7-17)20-11-10-19(14-22(20)31-21)30-16-29-13-12-28-3/h4-11,14,21,24H,1-2,12-13,15-16H2,3H3/t21-,24+/m1/s1. The van der Waals surface area contributed by atoms with Crippen molar-refractivity contribution in [2.75, 3.05) is 27.1 Å². The highest BCUT2D eigenvalue weighted by atomic mass is 79.9. The number of ether oxygens (including phenoxy) is 4. The molecule has 6 nitrogen and oxygen atoms in total. The van der Waals surface area contributed by atoms with Crippen LogP contribution in [0.4, 0.5) is 0 Å². The van der Waals surface area contributed by atoms with Gasteiger partial charge in [-0.15, -0.1) is 0 Å². The van der Waals surface area contributed by atoms with Crippen LogP contribution in [0.15, 0.2) is 72.2 Å². The topological polar surface area (TPSA) is 57.2 Å². The number of halogens is 1. The smallest absolute Gasteiger partial charge is 0.246 e. The van der Waals surface area contributed by atoms with E-state index in [2.05, 4.69) is 29.1 Å². The van der Waals surface area contributed by atoms with E-state index >= 15 is 0 Å². The molecule has 2 atom stereocenters. The van der Waals surface area contributed by atoms with E-state index in [1.54, 1.807) is 18.1 Å². The Morgan fingerprint density at radius 3 is 2.65 bits per heavy atom. The highest BCUT2D eigenvalue weighted by molar-refractivity contribution is 9.10. The number of benzene rings is 2. The van der Waals surface area contributed by atoms with Gasteiger partial charge in [0.05, 0.1) is 13.2 Å². The van der Waals surface area contributed by atoms with Crippen molar-refractivity contribution in [3.63, 3.8) is 0 Å². The molecular weight excluding hydrogens is 462 g/mol. The van der Waals surface area contributed by atoms with E-state index < -0.39 is 0 Å². The first-order chi connectivity index (χ1) is 15.1. The van der Waals surface area contributed by atoms with Crippen LogP contribution in [0.25, 0.3) is 0 Å². The van der Waals surface area contributed by atoms with Gasteiger partial charge in [-0.3, -0.25) is 4.79 Å². The molecule has 31 heavy (non-hydrogen) atoms. The lowest BCUT2D eigenvalue weighted by Gasteiger charge is -2.30. The molecule has 0 fully saturated rings. The van der Waals surface area contributed by atoms with Gasteiger partial charge in [-0.1, -0.05) is 41.2 Å². The Kier molecular flexibility index (Phi) is 8.28. The minimum Gasteiger partial charge on any atom is -0.483 e. The maximum absolute atomic E-state index is 12.8. The van der Waals surface area contributed by atoms with Crippen molar-refractivity contribution in [2.24, 2.45) is 0 Å². The first-order valence-electron chi connectivity index (χ1n) is 9.87. The fraction of sp³-hybridized carbons (Fsp3) is 0.292. The second kappa shape index (κ2) is 11.1. The van der Waals surface area contributed by atoms with Crippen LogP contribution in [0.2, 0.25) is 0 Å². The number of carbonyl (C=O) groups excluding carboxylic acids is 1. The minimum absolute atomic E-state index is 0.112. The van der Waals surface area contributed by atoms with Gasteiger partial charge < -0.3 is 23.8 Å². The molecule has 7 heteroatoms. The van der Waals surface area contributed by atoms with Crippen LogP contribution in [0.5, 0.6) is 11.5 Å². The number of fused-ring (bicyclic) bond motifs is 1. The molecule has 0 saturated carbocycles. The highest BCUT2D eigenvalue weighted by Crippen LogP contribution is 2.43. The second-order valence-corrected chi connectivity index (χ2v) is 7.84. The SMILES string of the molecule is C=CC(=O)N(Cc1ccc(Br)cc1)[C@H]1c2ccc(OCOCCOC)cc2O[C@@H]1C=C. The maximum atomic E-state index is 12.8. The Morgan fingerprint density at radius 2 is 1.97 bits per heavy atom. The molecule has 0 saturated heterocycles. The van der Waals surface area contributed by atoms with Crippen LogP contribution >= 0.6 is 15.9 Å². The zero-order valence-electron chi connectivity index (χ0n) is 17.5. The summed E-state index contributed by atoms with van der Waals surface area (Å²) in [6.45, 7) is 9.07. The molecule has 164 valence electrons. The molecule has 1 heterocycles. The Bertz CT molecular complexity index is 915. The molecule has 3 rings (SSSR count). The van der Waals surface area contributed by atoms with Crippen LogP contribution in [0.3, 0.4) is 0 Å². The summed E-state index contributed by atoms with van der Waals surface area (Å²) >= 11 is 3.44. The Morgan fingerprint density at radius 1 is 1.19 bits per heavy atom. The molecule has 1 amide bonds. The summed E-state index contributed by atoms with van der Waals surface area (Å²) in [5.41, 5.74) is 1.90. The summed E-state index contributed by atoms with van der Waals surface area (Å²) in [6, 6.07) is 13.1. The molecule has 0 spiro atoms. The Hall–Kier alpha value is -2.61. The fourth-order valence-electron chi connectivity index (χ4n) is 3.39. The molecule has 0 bridgehead atoms. The molecule has 0 unspecified atom stereocenters. The van der Waals surface area contributed by atoms with Crippen LogP contribution in [-0.2, 0) is 20.8 Å². The number of hydrogen-bond acceptors (Lipinski definition) is 5. The lowest BCUT2D eigenvalue weighted by atomic mass is 10.00. The summed E-state index contributed by atoms with van der Waals surface area (Å²) < 4.78 is 23.0. The molecule has 2 aromatic carbocycles. The van der Waals surface area contributed by atoms with E-state index in [-0.39, 0.29) is 24.8 Å². The third-order valence-corrected chi connectivity index (χ3v) is 5.44. The van der Waals surface area contributed by atoms with Gasteiger partial charge in [-0.2, -0.15) is 0 Å². The van der Waals surface area contributed by atoms with Gasteiger partial charge in [0.2, 0.25) is 5.91 Å². The first-order valence-corrected chi connectivity index (χ1v) is 10.7. The van der Waals surface area contributed by atoms with Gasteiger partial charge in [0.25, 0.3) is 0 Å². The van der Waals surface area contributed by atoms with Gasteiger partial charge >= 0.3 is 0 Å². The van der Waals surface area contributed by atoms with E-state index in [0.29, 0.717) is 31.3 Å². The van der Waals surface area contributed by atoms with E-state index in [1.165, 1.54) is 6.08 Å². The van der Waals surface area contributed by atoms with Gasteiger partial charge in [0.1, 0.15) is 23.6 Å². The quantitative estimate of drug-likeness (QED) is 0.200. The summed E-state index contributed by atoms with van der Waals surface area (Å²) in [4.78, 5) is 14.5. The second-order valence-electron chi connectivity index (χ2n) is 6.92. The molecular formula is C24H26BrNO5.